The lowest BCUT2D eigenvalue weighted by Crippen LogP contribution is -2.28. The monoisotopic (exact) mass is 256 g/mol. The standard InChI is InChI=1S/C9H12N4OS2/c1-3-8-13(2)10-6-16(8)12-9(14)7-4-11-15-5-7/h4-6,8H,3H2,1-2H3/q+1. The molecule has 0 aromatic carbocycles. The molecular formula is C9H12N4OS2+. The van der Waals surface area contributed by atoms with Crippen LogP contribution >= 0.6 is 11.5 Å². The molecule has 0 saturated carbocycles. The number of carbonyl (C=O) groups excluding carboxylic acids is 1. The third-order valence-electron chi connectivity index (χ3n) is 2.25. The molecule has 16 heavy (non-hydrogen) atoms. The van der Waals surface area contributed by atoms with E-state index in [-0.39, 0.29) is 11.3 Å². The van der Waals surface area contributed by atoms with Crippen LogP contribution in [0, 0.1) is 0 Å². The van der Waals surface area contributed by atoms with Gasteiger partial charge < -0.3 is 0 Å². The van der Waals surface area contributed by atoms with Crippen molar-refractivity contribution in [1.82, 2.24) is 14.5 Å². The summed E-state index contributed by atoms with van der Waals surface area (Å²) in [6.07, 6.45) is 2.48. The van der Waals surface area contributed by atoms with E-state index in [0.29, 0.717) is 5.56 Å². The van der Waals surface area contributed by atoms with E-state index >= 15 is 0 Å². The van der Waals surface area contributed by atoms with Crippen LogP contribution in [0.3, 0.4) is 0 Å². The smallest absolute Gasteiger partial charge is 0.266 e. The van der Waals surface area contributed by atoms with Gasteiger partial charge in [0.2, 0.25) is 0 Å². The van der Waals surface area contributed by atoms with Gasteiger partial charge in [0.25, 0.3) is 5.91 Å². The average Bonchev–Trinajstić information content (AvgIpc) is 2.88. The molecule has 2 unspecified atom stereocenters. The number of hydrogen-bond donors (Lipinski definition) is 0. The van der Waals surface area contributed by atoms with Gasteiger partial charge in [-0.1, -0.05) is 6.92 Å². The van der Waals surface area contributed by atoms with Crippen LogP contribution in [-0.4, -0.2) is 33.3 Å². The maximum absolute atomic E-state index is 11.8. The fourth-order valence-corrected chi connectivity index (χ4v) is 3.47. The molecule has 2 rings (SSSR count). The lowest BCUT2D eigenvalue weighted by molar-refractivity contribution is 0.101. The van der Waals surface area contributed by atoms with Gasteiger partial charge in [-0.25, -0.2) is 4.37 Å². The molecule has 0 N–H and O–H groups in total. The molecule has 2 heterocycles. The summed E-state index contributed by atoms with van der Waals surface area (Å²) < 4.78 is 8.08. The minimum Gasteiger partial charge on any atom is -0.266 e. The molecule has 0 saturated heterocycles. The van der Waals surface area contributed by atoms with E-state index in [1.165, 1.54) is 11.5 Å². The Hall–Kier alpha value is -1.08. The Morgan fingerprint density at radius 1 is 1.81 bits per heavy atom. The first kappa shape index (κ1) is 11.4. The topological polar surface area (TPSA) is 59.7 Å². The summed E-state index contributed by atoms with van der Waals surface area (Å²) in [7, 11) is 1.48. The van der Waals surface area contributed by atoms with E-state index in [2.05, 4.69) is 20.8 Å². The van der Waals surface area contributed by atoms with E-state index in [4.69, 9.17) is 0 Å². The molecule has 1 aromatic heterocycles. The summed E-state index contributed by atoms with van der Waals surface area (Å²) in [6, 6.07) is 0. The van der Waals surface area contributed by atoms with Crippen LogP contribution in [0.2, 0.25) is 0 Å². The summed E-state index contributed by atoms with van der Waals surface area (Å²) in [5.41, 5.74) is 2.32. The third-order valence-corrected chi connectivity index (χ3v) is 4.72. The molecule has 0 bridgehead atoms. The fourth-order valence-electron chi connectivity index (χ4n) is 1.40. The number of rotatable bonds is 2. The average molecular weight is 256 g/mol. The lowest BCUT2D eigenvalue weighted by Gasteiger charge is -2.08. The summed E-state index contributed by atoms with van der Waals surface area (Å²) in [5, 5.41) is 7.97. The molecule has 2 atom stereocenters. The zero-order valence-electron chi connectivity index (χ0n) is 9.03. The third kappa shape index (κ3) is 2.19. The molecule has 0 aliphatic carbocycles. The Balaban J connectivity index is 2.19. The molecule has 0 fully saturated rings. The second-order valence-electron chi connectivity index (χ2n) is 3.31. The maximum Gasteiger partial charge on any atom is 0.321 e. The molecule has 7 heteroatoms. The highest BCUT2D eigenvalue weighted by Crippen LogP contribution is 2.12. The van der Waals surface area contributed by atoms with E-state index in [0.717, 1.165) is 6.42 Å². The molecule has 1 aliphatic rings. The van der Waals surface area contributed by atoms with Gasteiger partial charge in [0.05, 0.1) is 18.8 Å². The molecule has 1 amide bonds. The van der Waals surface area contributed by atoms with Crippen molar-refractivity contribution in [2.24, 2.45) is 4.36 Å². The highest BCUT2D eigenvalue weighted by molar-refractivity contribution is 8.01. The number of nitrogens with zero attached hydrogens (tertiary/aromatic N) is 4. The zero-order valence-corrected chi connectivity index (χ0v) is 10.7. The highest BCUT2D eigenvalue weighted by Gasteiger charge is 2.32. The predicted octanol–water partition coefficient (Wildman–Crippen LogP) is 1.05. The zero-order chi connectivity index (χ0) is 11.5. The van der Waals surface area contributed by atoms with Crippen molar-refractivity contribution in [3.05, 3.63) is 17.1 Å². The Morgan fingerprint density at radius 2 is 2.62 bits per heavy atom. The minimum absolute atomic E-state index is 0.197. The van der Waals surface area contributed by atoms with Crippen LogP contribution in [0.25, 0.3) is 0 Å². The van der Waals surface area contributed by atoms with Gasteiger partial charge in [-0.3, -0.25) is 4.79 Å². The Labute approximate surface area is 100 Å². The van der Waals surface area contributed by atoms with Gasteiger partial charge in [0.15, 0.2) is 10.5 Å². The van der Waals surface area contributed by atoms with E-state index in [1.54, 1.807) is 17.1 Å². The molecule has 1 aromatic rings. The van der Waals surface area contributed by atoms with Gasteiger partial charge >= 0.3 is 5.55 Å². The van der Waals surface area contributed by atoms with Gasteiger partial charge in [-0.15, -0.1) is 5.01 Å². The number of hydrogen-bond acceptors (Lipinski definition) is 5. The van der Waals surface area contributed by atoms with Crippen LogP contribution in [0.5, 0.6) is 0 Å². The van der Waals surface area contributed by atoms with Crippen molar-refractivity contribution in [2.45, 2.75) is 18.7 Å². The SMILES string of the molecule is CCC1N(C)[N+]=CS1=NC(=O)c1cnsc1. The molecule has 1 aliphatic heterocycles. The Bertz CT molecular complexity index is 440. The summed E-state index contributed by atoms with van der Waals surface area (Å²) in [6.45, 7) is 2.07. The van der Waals surface area contributed by atoms with Gasteiger partial charge in [0, 0.05) is 16.1 Å². The number of aromatic nitrogens is 1. The quantitative estimate of drug-likeness (QED) is 0.794. The van der Waals surface area contributed by atoms with Crippen molar-refractivity contribution in [3.8, 4) is 0 Å². The summed E-state index contributed by atoms with van der Waals surface area (Å²) in [4.78, 5) is 11.8. The second kappa shape index (κ2) is 4.84. The second-order valence-corrected chi connectivity index (χ2v) is 5.60. The number of carbonyl (C=O) groups is 1. The predicted molar refractivity (Wildman–Crippen MR) is 66.3 cm³/mol. The van der Waals surface area contributed by atoms with Crippen LogP contribution in [0.15, 0.2) is 15.9 Å². The van der Waals surface area contributed by atoms with Crippen molar-refractivity contribution in [3.63, 3.8) is 0 Å². The van der Waals surface area contributed by atoms with Crippen molar-refractivity contribution in [2.75, 3.05) is 7.05 Å². The van der Waals surface area contributed by atoms with Crippen LogP contribution in [0.1, 0.15) is 23.7 Å². The Kier molecular flexibility index (Phi) is 3.45. The first-order valence-corrected chi connectivity index (χ1v) is 7.01. The first-order chi connectivity index (χ1) is 7.72. The summed E-state index contributed by atoms with van der Waals surface area (Å²) >= 11 is 1.26. The van der Waals surface area contributed by atoms with E-state index in [9.17, 15) is 4.79 Å². The molecular weight excluding hydrogens is 244 g/mol. The number of hydrazone groups is 1. The van der Waals surface area contributed by atoms with Crippen molar-refractivity contribution >= 4 is 33.7 Å². The van der Waals surface area contributed by atoms with Crippen LogP contribution < -0.4 is 5.10 Å². The van der Waals surface area contributed by atoms with Gasteiger partial charge in [0.1, 0.15) is 0 Å². The van der Waals surface area contributed by atoms with Gasteiger partial charge in [-0.05, 0) is 18.0 Å². The largest absolute Gasteiger partial charge is 0.321 e. The van der Waals surface area contributed by atoms with Crippen molar-refractivity contribution < 1.29 is 4.79 Å². The molecule has 85 valence electrons. The van der Waals surface area contributed by atoms with Gasteiger partial charge in [-0.2, -0.15) is 4.36 Å². The maximum atomic E-state index is 11.8. The number of amides is 1. The molecule has 1 radical (unpaired) electrons. The lowest BCUT2D eigenvalue weighted by atomic mass is 10.4. The van der Waals surface area contributed by atoms with Crippen LogP contribution in [0.4, 0.5) is 0 Å². The summed E-state index contributed by atoms with van der Waals surface area (Å²) in [5.74, 6) is -0.197. The normalized spacial score (nSPS) is 24.2. The first-order valence-electron chi connectivity index (χ1n) is 4.86. The molecule has 5 nitrogen and oxygen atoms in total. The highest BCUT2D eigenvalue weighted by atomic mass is 32.2. The van der Waals surface area contributed by atoms with E-state index < -0.39 is 10.7 Å². The Morgan fingerprint density at radius 3 is 3.25 bits per heavy atom. The molecule has 0 spiro atoms. The minimum atomic E-state index is -0.423. The van der Waals surface area contributed by atoms with Crippen LogP contribution in [-0.2, 0) is 10.7 Å². The van der Waals surface area contributed by atoms with Crippen molar-refractivity contribution in [1.29, 1.82) is 0 Å². The fraction of sp³-hybridized carbons (Fsp3) is 0.444. The van der Waals surface area contributed by atoms with E-state index in [1.807, 2.05) is 12.1 Å².